The standard InChI is InChI=1S/C23H23ClF3N3O4/c1-2-9-28-22(33)14-10-21(32)30(12-14)16-4-6-17(7-5-16)34-13-20(31)29-15-3-8-19(24)18(11-15)23(25,26)27/h3-8,11,14H,2,9-10,12-13H2,1H3,(H,28,33)(H,29,31)/t14-/m0/s1. The number of alkyl halides is 3. The molecule has 0 radical (unpaired) electrons. The number of carbonyl (C=O) groups is 3. The number of ether oxygens (including phenoxy) is 1. The number of benzene rings is 2. The molecule has 2 N–H and O–H groups in total. The van der Waals surface area contributed by atoms with Crippen LogP contribution in [0.5, 0.6) is 5.75 Å². The van der Waals surface area contributed by atoms with Crippen LogP contribution < -0.4 is 20.3 Å². The zero-order valence-corrected chi connectivity index (χ0v) is 19.0. The highest BCUT2D eigenvalue weighted by atomic mass is 35.5. The molecule has 7 nitrogen and oxygen atoms in total. The molecule has 2 aromatic rings. The molecule has 1 aliphatic heterocycles. The van der Waals surface area contributed by atoms with Gasteiger partial charge in [0, 0.05) is 30.9 Å². The molecular formula is C23H23ClF3N3O4. The Hall–Kier alpha value is -3.27. The summed E-state index contributed by atoms with van der Waals surface area (Å²) < 4.78 is 44.2. The van der Waals surface area contributed by atoms with E-state index in [9.17, 15) is 27.6 Å². The van der Waals surface area contributed by atoms with Crippen molar-refractivity contribution < 1.29 is 32.3 Å². The molecule has 2 aromatic carbocycles. The minimum atomic E-state index is -4.65. The first kappa shape index (κ1) is 25.4. The van der Waals surface area contributed by atoms with Gasteiger partial charge in [-0.2, -0.15) is 13.2 Å². The Morgan fingerprint density at radius 1 is 1.18 bits per heavy atom. The van der Waals surface area contributed by atoms with Crippen molar-refractivity contribution in [3.63, 3.8) is 0 Å². The van der Waals surface area contributed by atoms with E-state index >= 15 is 0 Å². The molecular weight excluding hydrogens is 475 g/mol. The molecule has 0 unspecified atom stereocenters. The molecule has 3 rings (SSSR count). The van der Waals surface area contributed by atoms with Gasteiger partial charge in [-0.05, 0) is 48.9 Å². The zero-order valence-electron chi connectivity index (χ0n) is 18.2. The Morgan fingerprint density at radius 2 is 1.88 bits per heavy atom. The van der Waals surface area contributed by atoms with Gasteiger partial charge in [0.2, 0.25) is 11.8 Å². The lowest BCUT2D eigenvalue weighted by Crippen LogP contribution is -2.33. The van der Waals surface area contributed by atoms with Crippen LogP contribution in [0.2, 0.25) is 5.02 Å². The summed E-state index contributed by atoms with van der Waals surface area (Å²) in [4.78, 5) is 38.1. The summed E-state index contributed by atoms with van der Waals surface area (Å²) in [6.07, 6.45) is -3.70. The molecule has 1 atom stereocenters. The Balaban J connectivity index is 1.54. The second-order valence-corrected chi connectivity index (χ2v) is 8.13. The van der Waals surface area contributed by atoms with Crippen molar-refractivity contribution in [2.24, 2.45) is 5.92 Å². The predicted octanol–water partition coefficient (Wildman–Crippen LogP) is 4.26. The van der Waals surface area contributed by atoms with Crippen molar-refractivity contribution in [3.8, 4) is 5.75 Å². The maximum absolute atomic E-state index is 12.9. The average molecular weight is 498 g/mol. The summed E-state index contributed by atoms with van der Waals surface area (Å²) >= 11 is 5.57. The van der Waals surface area contributed by atoms with Crippen LogP contribution in [0.1, 0.15) is 25.3 Å². The van der Waals surface area contributed by atoms with Gasteiger partial charge >= 0.3 is 6.18 Å². The van der Waals surface area contributed by atoms with Gasteiger partial charge in [0.1, 0.15) is 5.75 Å². The Morgan fingerprint density at radius 3 is 2.53 bits per heavy atom. The molecule has 1 saturated heterocycles. The summed E-state index contributed by atoms with van der Waals surface area (Å²) in [6, 6.07) is 9.44. The topological polar surface area (TPSA) is 87.7 Å². The molecule has 0 saturated carbocycles. The second kappa shape index (κ2) is 10.8. The van der Waals surface area contributed by atoms with E-state index in [1.54, 1.807) is 24.3 Å². The van der Waals surface area contributed by atoms with Gasteiger partial charge in [0.15, 0.2) is 6.61 Å². The van der Waals surface area contributed by atoms with Crippen LogP contribution in [0.4, 0.5) is 24.5 Å². The second-order valence-electron chi connectivity index (χ2n) is 7.72. The maximum Gasteiger partial charge on any atom is 0.417 e. The number of nitrogens with one attached hydrogen (secondary N) is 2. The summed E-state index contributed by atoms with van der Waals surface area (Å²) in [6.45, 7) is 2.34. The quantitative estimate of drug-likeness (QED) is 0.570. The van der Waals surface area contributed by atoms with E-state index in [4.69, 9.17) is 16.3 Å². The van der Waals surface area contributed by atoms with Crippen molar-refractivity contribution in [2.45, 2.75) is 25.9 Å². The molecule has 1 aliphatic rings. The Labute approximate surface area is 199 Å². The van der Waals surface area contributed by atoms with Crippen LogP contribution in [0.3, 0.4) is 0 Å². The lowest BCUT2D eigenvalue weighted by molar-refractivity contribution is -0.137. The van der Waals surface area contributed by atoms with Gasteiger partial charge in [-0.3, -0.25) is 14.4 Å². The normalized spacial score (nSPS) is 15.9. The minimum Gasteiger partial charge on any atom is -0.484 e. The Kier molecular flexibility index (Phi) is 8.03. The number of hydrogen-bond acceptors (Lipinski definition) is 4. The first-order chi connectivity index (χ1) is 16.1. The van der Waals surface area contributed by atoms with Gasteiger partial charge in [-0.1, -0.05) is 18.5 Å². The fourth-order valence-electron chi connectivity index (χ4n) is 3.41. The lowest BCUT2D eigenvalue weighted by atomic mass is 10.1. The summed E-state index contributed by atoms with van der Waals surface area (Å²) in [5.41, 5.74) is -0.524. The fourth-order valence-corrected chi connectivity index (χ4v) is 3.64. The predicted molar refractivity (Wildman–Crippen MR) is 121 cm³/mol. The van der Waals surface area contributed by atoms with Crippen LogP contribution >= 0.6 is 11.6 Å². The zero-order chi connectivity index (χ0) is 24.9. The van der Waals surface area contributed by atoms with Gasteiger partial charge in [-0.25, -0.2) is 0 Å². The lowest BCUT2D eigenvalue weighted by Gasteiger charge is -2.17. The van der Waals surface area contributed by atoms with E-state index in [1.165, 1.54) is 11.0 Å². The molecule has 1 heterocycles. The van der Waals surface area contributed by atoms with E-state index in [0.29, 0.717) is 18.0 Å². The third-order valence-corrected chi connectivity index (χ3v) is 5.45. The number of nitrogens with zero attached hydrogens (tertiary/aromatic N) is 1. The molecule has 0 bridgehead atoms. The van der Waals surface area contributed by atoms with Crippen LogP contribution in [-0.4, -0.2) is 37.4 Å². The molecule has 0 aliphatic carbocycles. The van der Waals surface area contributed by atoms with Crippen LogP contribution in [0.25, 0.3) is 0 Å². The van der Waals surface area contributed by atoms with Gasteiger partial charge in [0.05, 0.1) is 16.5 Å². The van der Waals surface area contributed by atoms with E-state index in [0.717, 1.165) is 18.6 Å². The van der Waals surface area contributed by atoms with Gasteiger partial charge in [-0.15, -0.1) is 0 Å². The number of rotatable bonds is 8. The van der Waals surface area contributed by atoms with E-state index in [2.05, 4.69) is 10.6 Å². The molecule has 0 aromatic heterocycles. The number of halogens is 4. The first-order valence-corrected chi connectivity index (χ1v) is 10.9. The van der Waals surface area contributed by atoms with Crippen molar-refractivity contribution in [3.05, 3.63) is 53.1 Å². The van der Waals surface area contributed by atoms with Crippen molar-refractivity contribution in [1.29, 1.82) is 0 Å². The monoisotopic (exact) mass is 497 g/mol. The fraction of sp³-hybridized carbons (Fsp3) is 0.348. The summed E-state index contributed by atoms with van der Waals surface area (Å²) in [5.74, 6) is -1.05. The van der Waals surface area contributed by atoms with E-state index < -0.39 is 35.2 Å². The highest BCUT2D eigenvalue weighted by molar-refractivity contribution is 6.31. The third-order valence-electron chi connectivity index (χ3n) is 5.12. The smallest absolute Gasteiger partial charge is 0.417 e. The largest absolute Gasteiger partial charge is 0.484 e. The highest BCUT2D eigenvalue weighted by Gasteiger charge is 2.35. The highest BCUT2D eigenvalue weighted by Crippen LogP contribution is 2.36. The summed E-state index contributed by atoms with van der Waals surface area (Å²) in [7, 11) is 0. The molecule has 1 fully saturated rings. The van der Waals surface area contributed by atoms with Gasteiger partial charge < -0.3 is 20.3 Å². The van der Waals surface area contributed by atoms with E-state index in [-0.39, 0.29) is 30.5 Å². The minimum absolute atomic E-state index is 0.0641. The summed E-state index contributed by atoms with van der Waals surface area (Å²) in [5, 5.41) is 4.66. The number of anilines is 2. The number of hydrogen-bond donors (Lipinski definition) is 2. The molecule has 11 heteroatoms. The molecule has 182 valence electrons. The Bertz CT molecular complexity index is 1060. The SMILES string of the molecule is CCCNC(=O)[C@H]1CC(=O)N(c2ccc(OCC(=O)Nc3ccc(Cl)c(C(F)(F)F)c3)cc2)C1. The average Bonchev–Trinajstić information content (AvgIpc) is 3.18. The van der Waals surface area contributed by atoms with Crippen LogP contribution in [-0.2, 0) is 20.6 Å². The van der Waals surface area contributed by atoms with Crippen LogP contribution in [0, 0.1) is 5.92 Å². The van der Waals surface area contributed by atoms with Gasteiger partial charge in [0.25, 0.3) is 5.91 Å². The van der Waals surface area contributed by atoms with Crippen LogP contribution in [0.15, 0.2) is 42.5 Å². The maximum atomic E-state index is 12.9. The first-order valence-electron chi connectivity index (χ1n) is 10.6. The number of amides is 3. The third kappa shape index (κ3) is 6.40. The van der Waals surface area contributed by atoms with Crippen molar-refractivity contribution in [2.75, 3.05) is 29.9 Å². The number of carbonyl (C=O) groups excluding carboxylic acids is 3. The molecule has 3 amide bonds. The molecule has 34 heavy (non-hydrogen) atoms. The van der Waals surface area contributed by atoms with Crippen molar-refractivity contribution >= 4 is 40.7 Å². The molecule has 0 spiro atoms. The van der Waals surface area contributed by atoms with Crippen molar-refractivity contribution in [1.82, 2.24) is 5.32 Å². The van der Waals surface area contributed by atoms with E-state index in [1.807, 2.05) is 6.92 Å².